The third-order valence-electron chi connectivity index (χ3n) is 5.48. The zero-order chi connectivity index (χ0) is 19.5. The first-order valence-electron chi connectivity index (χ1n) is 9.84. The number of amides is 1. The van der Waals surface area contributed by atoms with Crippen LogP contribution in [0.15, 0.2) is 60.8 Å². The van der Waals surface area contributed by atoms with Crippen molar-refractivity contribution in [3.63, 3.8) is 0 Å². The summed E-state index contributed by atoms with van der Waals surface area (Å²) in [5, 5.41) is 8.10. The molecule has 144 valence electrons. The van der Waals surface area contributed by atoms with Crippen molar-refractivity contribution in [1.29, 1.82) is 0 Å². The molecule has 1 amide bonds. The quantitative estimate of drug-likeness (QED) is 0.758. The second kappa shape index (κ2) is 7.98. The molecule has 3 aromatic rings. The number of likely N-dealkylation sites (tertiary alicyclic amines) is 1. The van der Waals surface area contributed by atoms with Crippen LogP contribution in [0.2, 0.25) is 0 Å². The molecule has 5 nitrogen and oxygen atoms in total. The van der Waals surface area contributed by atoms with Crippen LogP contribution in [-0.4, -0.2) is 46.8 Å². The number of aryl methyl sites for hydroxylation is 1. The first-order valence-corrected chi connectivity index (χ1v) is 9.84. The predicted molar refractivity (Wildman–Crippen MR) is 112 cm³/mol. The molecule has 1 fully saturated rings. The maximum Gasteiger partial charge on any atom is 0.257 e. The Balaban J connectivity index is 1.70. The van der Waals surface area contributed by atoms with E-state index < -0.39 is 0 Å². The number of piperidine rings is 1. The SMILES string of the molecule is CNC1CCN(C(=O)c2cn(-c3ccc(C)cc3)nc2-c2ccccc2)CC1. The lowest BCUT2D eigenvalue weighted by Crippen LogP contribution is -2.44. The van der Waals surface area contributed by atoms with E-state index in [1.165, 1.54) is 5.56 Å². The lowest BCUT2D eigenvalue weighted by Gasteiger charge is -2.31. The smallest absolute Gasteiger partial charge is 0.257 e. The topological polar surface area (TPSA) is 50.2 Å². The first kappa shape index (κ1) is 18.4. The highest BCUT2D eigenvalue weighted by atomic mass is 16.2. The summed E-state index contributed by atoms with van der Waals surface area (Å²) in [6, 6.07) is 18.6. The number of carbonyl (C=O) groups is 1. The van der Waals surface area contributed by atoms with E-state index in [0.29, 0.717) is 11.6 Å². The molecule has 4 rings (SSSR count). The largest absolute Gasteiger partial charge is 0.338 e. The molecule has 2 aromatic carbocycles. The van der Waals surface area contributed by atoms with E-state index in [9.17, 15) is 4.79 Å². The molecular weight excluding hydrogens is 348 g/mol. The van der Waals surface area contributed by atoms with Gasteiger partial charge in [0, 0.05) is 30.9 Å². The Morgan fingerprint density at radius 1 is 1.04 bits per heavy atom. The van der Waals surface area contributed by atoms with E-state index in [0.717, 1.165) is 42.9 Å². The molecule has 0 bridgehead atoms. The van der Waals surface area contributed by atoms with E-state index in [2.05, 4.69) is 24.4 Å². The summed E-state index contributed by atoms with van der Waals surface area (Å²) < 4.78 is 1.81. The highest BCUT2D eigenvalue weighted by Gasteiger charge is 2.26. The van der Waals surface area contributed by atoms with Crippen molar-refractivity contribution in [3.8, 4) is 16.9 Å². The third-order valence-corrected chi connectivity index (χ3v) is 5.48. The summed E-state index contributed by atoms with van der Waals surface area (Å²) >= 11 is 0. The van der Waals surface area contributed by atoms with Crippen LogP contribution in [0.1, 0.15) is 28.8 Å². The van der Waals surface area contributed by atoms with Crippen molar-refractivity contribution in [2.75, 3.05) is 20.1 Å². The van der Waals surface area contributed by atoms with Crippen molar-refractivity contribution in [2.45, 2.75) is 25.8 Å². The van der Waals surface area contributed by atoms with Crippen molar-refractivity contribution >= 4 is 5.91 Å². The van der Waals surface area contributed by atoms with Crippen LogP contribution in [0.5, 0.6) is 0 Å². The molecule has 0 saturated carbocycles. The minimum absolute atomic E-state index is 0.0618. The van der Waals surface area contributed by atoms with Crippen molar-refractivity contribution in [3.05, 3.63) is 71.9 Å². The van der Waals surface area contributed by atoms with Crippen LogP contribution in [0.3, 0.4) is 0 Å². The summed E-state index contributed by atoms with van der Waals surface area (Å²) in [6.07, 6.45) is 3.84. The van der Waals surface area contributed by atoms with Gasteiger partial charge >= 0.3 is 0 Å². The lowest BCUT2D eigenvalue weighted by atomic mass is 10.0. The minimum atomic E-state index is 0.0618. The third kappa shape index (κ3) is 3.71. The van der Waals surface area contributed by atoms with Gasteiger partial charge in [-0.15, -0.1) is 0 Å². The van der Waals surface area contributed by atoms with Crippen LogP contribution in [-0.2, 0) is 0 Å². The van der Waals surface area contributed by atoms with Gasteiger partial charge in [0.25, 0.3) is 5.91 Å². The van der Waals surface area contributed by atoms with Crippen LogP contribution >= 0.6 is 0 Å². The Morgan fingerprint density at radius 3 is 2.36 bits per heavy atom. The number of nitrogens with zero attached hydrogens (tertiary/aromatic N) is 3. The van der Waals surface area contributed by atoms with Crippen molar-refractivity contribution in [1.82, 2.24) is 20.0 Å². The normalized spacial score (nSPS) is 15.0. The average molecular weight is 374 g/mol. The monoisotopic (exact) mass is 374 g/mol. The fraction of sp³-hybridized carbons (Fsp3) is 0.304. The molecule has 0 atom stereocenters. The number of nitrogens with one attached hydrogen (secondary N) is 1. The summed E-state index contributed by atoms with van der Waals surface area (Å²) in [5.74, 6) is 0.0618. The lowest BCUT2D eigenvalue weighted by molar-refractivity contribution is 0.0708. The summed E-state index contributed by atoms with van der Waals surface area (Å²) in [5.41, 5.74) is 4.51. The predicted octanol–water partition coefficient (Wildman–Crippen LogP) is 3.67. The van der Waals surface area contributed by atoms with Crippen molar-refractivity contribution < 1.29 is 4.79 Å². The molecular formula is C23H26N4O. The molecule has 0 aliphatic carbocycles. The highest BCUT2D eigenvalue weighted by Crippen LogP contribution is 2.26. The minimum Gasteiger partial charge on any atom is -0.338 e. The molecule has 1 N–H and O–H groups in total. The van der Waals surface area contributed by atoms with Gasteiger partial charge in [-0.2, -0.15) is 5.10 Å². The zero-order valence-corrected chi connectivity index (χ0v) is 16.4. The maximum atomic E-state index is 13.3. The Hall–Kier alpha value is -2.92. The number of hydrogen-bond donors (Lipinski definition) is 1. The molecule has 2 heterocycles. The molecule has 1 saturated heterocycles. The molecule has 1 aromatic heterocycles. The Bertz CT molecular complexity index is 938. The van der Waals surface area contributed by atoms with Crippen LogP contribution in [0.25, 0.3) is 16.9 Å². The highest BCUT2D eigenvalue weighted by molar-refractivity contribution is 6.00. The summed E-state index contributed by atoms with van der Waals surface area (Å²) in [7, 11) is 1.99. The van der Waals surface area contributed by atoms with Gasteiger partial charge in [-0.25, -0.2) is 4.68 Å². The van der Waals surface area contributed by atoms with Gasteiger partial charge in [-0.3, -0.25) is 4.79 Å². The Kier molecular flexibility index (Phi) is 5.26. The van der Waals surface area contributed by atoms with E-state index in [-0.39, 0.29) is 5.91 Å². The van der Waals surface area contributed by atoms with Crippen LogP contribution in [0, 0.1) is 6.92 Å². The number of rotatable bonds is 4. The van der Waals surface area contributed by atoms with E-state index in [1.807, 2.05) is 65.3 Å². The van der Waals surface area contributed by atoms with E-state index in [4.69, 9.17) is 5.10 Å². The van der Waals surface area contributed by atoms with Gasteiger partial charge in [-0.1, -0.05) is 48.0 Å². The number of aromatic nitrogens is 2. The molecule has 0 unspecified atom stereocenters. The van der Waals surface area contributed by atoms with E-state index in [1.54, 1.807) is 0 Å². The molecule has 1 aliphatic rings. The number of benzene rings is 2. The van der Waals surface area contributed by atoms with Gasteiger partial charge in [0.1, 0.15) is 5.69 Å². The van der Waals surface area contributed by atoms with Gasteiger partial charge in [0.05, 0.1) is 11.3 Å². The zero-order valence-electron chi connectivity index (χ0n) is 16.4. The number of carbonyl (C=O) groups excluding carboxylic acids is 1. The van der Waals surface area contributed by atoms with Gasteiger partial charge in [0.15, 0.2) is 0 Å². The second-order valence-electron chi connectivity index (χ2n) is 7.39. The molecule has 0 radical (unpaired) electrons. The summed E-state index contributed by atoms with van der Waals surface area (Å²) in [6.45, 7) is 3.61. The van der Waals surface area contributed by atoms with Crippen LogP contribution < -0.4 is 5.32 Å². The first-order chi connectivity index (χ1) is 13.7. The molecule has 28 heavy (non-hydrogen) atoms. The fourth-order valence-corrected chi connectivity index (χ4v) is 3.71. The fourth-order valence-electron chi connectivity index (χ4n) is 3.71. The molecule has 1 aliphatic heterocycles. The molecule has 5 heteroatoms. The Morgan fingerprint density at radius 2 is 1.71 bits per heavy atom. The summed E-state index contributed by atoms with van der Waals surface area (Å²) in [4.78, 5) is 15.3. The maximum absolute atomic E-state index is 13.3. The van der Waals surface area contributed by atoms with Gasteiger partial charge in [0.2, 0.25) is 0 Å². The Labute approximate surface area is 166 Å². The second-order valence-corrected chi connectivity index (χ2v) is 7.39. The van der Waals surface area contributed by atoms with Gasteiger partial charge in [-0.05, 0) is 38.9 Å². The van der Waals surface area contributed by atoms with E-state index >= 15 is 0 Å². The average Bonchev–Trinajstić information content (AvgIpc) is 3.20. The standard InChI is InChI=1S/C23H26N4O/c1-17-8-10-20(11-9-17)27-16-21(22(25-27)18-6-4-3-5-7-18)23(28)26-14-12-19(24-2)13-15-26/h3-11,16,19,24H,12-15H2,1-2H3. The van der Waals surface area contributed by atoms with Crippen LogP contribution in [0.4, 0.5) is 0 Å². The number of hydrogen-bond acceptors (Lipinski definition) is 3. The van der Waals surface area contributed by atoms with Gasteiger partial charge < -0.3 is 10.2 Å². The van der Waals surface area contributed by atoms with Crippen molar-refractivity contribution in [2.24, 2.45) is 0 Å². The molecule has 0 spiro atoms.